The highest BCUT2D eigenvalue weighted by molar-refractivity contribution is 7.12. The van der Waals surface area contributed by atoms with E-state index in [1.54, 1.807) is 31.4 Å². The predicted octanol–water partition coefficient (Wildman–Crippen LogP) is 0.795. The highest BCUT2D eigenvalue weighted by atomic mass is 32.1. The lowest BCUT2D eigenvalue weighted by molar-refractivity contribution is -0.151. The van der Waals surface area contributed by atoms with Crippen LogP contribution in [0.4, 0.5) is 0 Å². The summed E-state index contributed by atoms with van der Waals surface area (Å²) in [7, 11) is 0. The van der Waals surface area contributed by atoms with Crippen molar-refractivity contribution in [1.29, 1.82) is 0 Å². The Bertz CT molecular complexity index is 561. The van der Waals surface area contributed by atoms with Gasteiger partial charge in [-0.15, -0.1) is 17.8 Å². The third kappa shape index (κ3) is 5.58. The first-order chi connectivity index (χ1) is 10.5. The van der Waals surface area contributed by atoms with Crippen LogP contribution in [0.3, 0.4) is 0 Å². The van der Waals surface area contributed by atoms with Crippen LogP contribution in [0, 0.1) is 18.3 Å². The third-order valence-electron chi connectivity index (χ3n) is 2.69. The molecule has 118 valence electrons. The van der Waals surface area contributed by atoms with E-state index in [0.717, 1.165) is 0 Å². The fourth-order valence-electron chi connectivity index (χ4n) is 1.54. The first-order valence-electron chi connectivity index (χ1n) is 6.67. The van der Waals surface area contributed by atoms with E-state index in [0.29, 0.717) is 4.88 Å². The normalized spacial score (nSPS) is 11.4. The summed E-state index contributed by atoms with van der Waals surface area (Å²) < 4.78 is 4.91. The lowest BCUT2D eigenvalue weighted by atomic mass is 10.0. The summed E-state index contributed by atoms with van der Waals surface area (Å²) in [6, 6.07) is 2.59. The van der Waals surface area contributed by atoms with Gasteiger partial charge in [0.05, 0.1) is 11.4 Å². The molecule has 0 aliphatic heterocycles. The molecule has 0 radical (unpaired) electrons. The van der Waals surface area contributed by atoms with Gasteiger partial charge in [0.1, 0.15) is 6.04 Å². The Kier molecular flexibility index (Phi) is 7.13. The van der Waals surface area contributed by atoms with Gasteiger partial charge in [0.15, 0.2) is 6.61 Å². The van der Waals surface area contributed by atoms with Gasteiger partial charge in [-0.1, -0.05) is 25.8 Å². The van der Waals surface area contributed by atoms with Gasteiger partial charge in [-0.2, -0.15) is 0 Å². The molecular formula is C15H18N2O4S. The van der Waals surface area contributed by atoms with Crippen molar-refractivity contribution >= 4 is 29.1 Å². The van der Waals surface area contributed by atoms with Crippen molar-refractivity contribution < 1.29 is 19.1 Å². The summed E-state index contributed by atoms with van der Waals surface area (Å²) >= 11 is 1.28. The summed E-state index contributed by atoms with van der Waals surface area (Å²) in [6.45, 7) is 3.19. The van der Waals surface area contributed by atoms with Gasteiger partial charge in [0.2, 0.25) is 0 Å². The average molecular weight is 322 g/mol. The van der Waals surface area contributed by atoms with Crippen LogP contribution in [0.2, 0.25) is 0 Å². The molecule has 0 aliphatic rings. The van der Waals surface area contributed by atoms with Crippen LogP contribution in [0.5, 0.6) is 0 Å². The molecule has 0 saturated carbocycles. The Morgan fingerprint density at radius 1 is 1.41 bits per heavy atom. The number of carbonyl (C=O) groups is 3. The lowest BCUT2D eigenvalue weighted by Crippen LogP contribution is -2.46. The lowest BCUT2D eigenvalue weighted by Gasteiger charge is -2.20. The van der Waals surface area contributed by atoms with E-state index in [4.69, 9.17) is 11.2 Å². The van der Waals surface area contributed by atoms with Gasteiger partial charge in [-0.05, 0) is 17.4 Å². The Hall–Kier alpha value is -2.33. The van der Waals surface area contributed by atoms with Crippen molar-refractivity contribution in [2.45, 2.75) is 19.9 Å². The first kappa shape index (κ1) is 17.7. The second-order valence-electron chi connectivity index (χ2n) is 4.76. The maximum absolute atomic E-state index is 12.0. The minimum atomic E-state index is -0.824. The molecule has 0 aliphatic carbocycles. The molecule has 1 aromatic rings. The molecule has 0 unspecified atom stereocenters. The zero-order chi connectivity index (χ0) is 16.5. The minimum absolute atomic E-state index is 0.0686. The molecule has 0 aromatic carbocycles. The quantitative estimate of drug-likeness (QED) is 0.574. The van der Waals surface area contributed by atoms with E-state index in [9.17, 15) is 14.4 Å². The predicted molar refractivity (Wildman–Crippen MR) is 83.2 cm³/mol. The highest BCUT2D eigenvalue weighted by Gasteiger charge is 2.26. The van der Waals surface area contributed by atoms with Crippen LogP contribution >= 0.6 is 11.3 Å². The molecular weight excluding hydrogens is 304 g/mol. The summed E-state index contributed by atoms with van der Waals surface area (Å²) in [6.07, 6.45) is 5.00. The second-order valence-corrected chi connectivity index (χ2v) is 5.71. The van der Waals surface area contributed by atoms with Crippen LogP contribution in [0.1, 0.15) is 23.5 Å². The maximum Gasteiger partial charge on any atom is 0.329 e. The number of nitrogens with one attached hydrogen (secondary N) is 2. The first-order valence-corrected chi connectivity index (χ1v) is 7.54. The number of esters is 1. The number of hydrogen-bond donors (Lipinski definition) is 2. The van der Waals surface area contributed by atoms with E-state index in [2.05, 4.69) is 16.6 Å². The fraction of sp³-hybridized carbons (Fsp3) is 0.400. The number of rotatable bonds is 7. The molecule has 1 rings (SSSR count). The van der Waals surface area contributed by atoms with Gasteiger partial charge in [0, 0.05) is 0 Å². The number of ether oxygens (including phenoxy) is 1. The number of terminal acetylenes is 1. The Balaban J connectivity index is 2.55. The standard InChI is InChI=1S/C15H18N2O4S/c1-4-7-16-12(18)9-21-15(20)13(10(2)3)17-14(19)11-6-5-8-22-11/h1,5-6,8,10,13H,7,9H2,2-3H3,(H,16,18)(H,17,19)/t13-/m1/s1. The zero-order valence-corrected chi connectivity index (χ0v) is 13.2. The van der Waals surface area contributed by atoms with Crippen LogP contribution in [0.15, 0.2) is 17.5 Å². The van der Waals surface area contributed by atoms with Crippen molar-refractivity contribution in [2.75, 3.05) is 13.2 Å². The zero-order valence-electron chi connectivity index (χ0n) is 12.4. The average Bonchev–Trinajstić information content (AvgIpc) is 3.01. The number of hydrogen-bond acceptors (Lipinski definition) is 5. The molecule has 0 bridgehead atoms. The summed E-state index contributed by atoms with van der Waals surface area (Å²) in [5.41, 5.74) is 0. The molecule has 0 spiro atoms. The SMILES string of the molecule is C#CCNC(=O)COC(=O)[C@H](NC(=O)c1cccs1)C(C)C. The topological polar surface area (TPSA) is 84.5 Å². The van der Waals surface area contributed by atoms with Crippen molar-refractivity contribution in [3.8, 4) is 12.3 Å². The van der Waals surface area contributed by atoms with E-state index in [1.807, 2.05) is 0 Å². The van der Waals surface area contributed by atoms with Crippen molar-refractivity contribution in [3.63, 3.8) is 0 Å². The molecule has 0 saturated heterocycles. The molecule has 0 fully saturated rings. The fourth-order valence-corrected chi connectivity index (χ4v) is 2.17. The van der Waals surface area contributed by atoms with Crippen LogP contribution in [0.25, 0.3) is 0 Å². The molecule has 1 heterocycles. The molecule has 2 amide bonds. The molecule has 1 atom stereocenters. The van der Waals surface area contributed by atoms with Crippen LogP contribution < -0.4 is 10.6 Å². The van der Waals surface area contributed by atoms with E-state index in [1.165, 1.54) is 11.3 Å². The monoisotopic (exact) mass is 322 g/mol. The van der Waals surface area contributed by atoms with Gasteiger partial charge in [-0.3, -0.25) is 9.59 Å². The number of carbonyl (C=O) groups excluding carboxylic acids is 3. The molecule has 6 nitrogen and oxygen atoms in total. The van der Waals surface area contributed by atoms with Crippen LogP contribution in [-0.4, -0.2) is 37.0 Å². The Morgan fingerprint density at radius 3 is 2.68 bits per heavy atom. The molecule has 2 N–H and O–H groups in total. The van der Waals surface area contributed by atoms with Crippen molar-refractivity contribution in [2.24, 2.45) is 5.92 Å². The smallest absolute Gasteiger partial charge is 0.329 e. The number of thiophene rings is 1. The molecule has 1 aromatic heterocycles. The van der Waals surface area contributed by atoms with Crippen LogP contribution in [-0.2, 0) is 14.3 Å². The summed E-state index contributed by atoms with van der Waals surface area (Å²) in [5.74, 6) is 0.576. The van der Waals surface area contributed by atoms with Gasteiger partial charge >= 0.3 is 5.97 Å². The van der Waals surface area contributed by atoms with Gasteiger partial charge in [0.25, 0.3) is 11.8 Å². The van der Waals surface area contributed by atoms with Gasteiger partial charge in [-0.25, -0.2) is 4.79 Å². The third-order valence-corrected chi connectivity index (χ3v) is 3.55. The molecule has 22 heavy (non-hydrogen) atoms. The molecule has 7 heteroatoms. The number of amides is 2. The van der Waals surface area contributed by atoms with Crippen molar-refractivity contribution in [1.82, 2.24) is 10.6 Å². The highest BCUT2D eigenvalue weighted by Crippen LogP contribution is 2.11. The maximum atomic E-state index is 12.0. The van der Waals surface area contributed by atoms with E-state index in [-0.39, 0.29) is 18.4 Å². The van der Waals surface area contributed by atoms with E-state index < -0.39 is 24.5 Å². The van der Waals surface area contributed by atoms with Crippen molar-refractivity contribution in [3.05, 3.63) is 22.4 Å². The Labute approximate surface area is 133 Å². The summed E-state index contributed by atoms with van der Waals surface area (Å²) in [5, 5.41) is 6.77. The minimum Gasteiger partial charge on any atom is -0.454 e. The Morgan fingerprint density at radius 2 is 2.14 bits per heavy atom. The summed E-state index contributed by atoms with van der Waals surface area (Å²) in [4.78, 5) is 35.9. The second kappa shape index (κ2) is 8.85. The largest absolute Gasteiger partial charge is 0.454 e. The van der Waals surface area contributed by atoms with Gasteiger partial charge < -0.3 is 15.4 Å². The van der Waals surface area contributed by atoms with E-state index >= 15 is 0 Å².